The van der Waals surface area contributed by atoms with Gasteiger partial charge in [0.15, 0.2) is 5.78 Å². The van der Waals surface area contributed by atoms with Crippen LogP contribution < -0.4 is 0 Å². The van der Waals surface area contributed by atoms with Crippen LogP contribution in [0.2, 0.25) is 0 Å². The summed E-state index contributed by atoms with van der Waals surface area (Å²) in [5, 5.41) is 0. The Labute approximate surface area is 65.6 Å². The molecule has 0 fully saturated rings. The van der Waals surface area contributed by atoms with Crippen LogP contribution in [-0.2, 0) is 29.1 Å². The van der Waals surface area contributed by atoms with Gasteiger partial charge in [0.25, 0.3) is 0 Å². The molecule has 1 radical (unpaired) electrons. The molecule has 0 aliphatic rings. The van der Waals surface area contributed by atoms with Crippen molar-refractivity contribution in [1.29, 1.82) is 0 Å². The quantitative estimate of drug-likeness (QED) is 0.513. The van der Waals surface area contributed by atoms with Gasteiger partial charge < -0.3 is 0 Å². The van der Waals surface area contributed by atoms with Crippen LogP contribution in [0.5, 0.6) is 0 Å². The summed E-state index contributed by atoms with van der Waals surface area (Å²) in [5.74, 6) is -0.926. The van der Waals surface area contributed by atoms with Crippen LogP contribution >= 0.6 is 0 Å². The number of Topliss-reactive ketones (excluding diaryl/α,β-unsaturated/α-hetero) is 2. The molecule has 0 amide bonds. The van der Waals surface area contributed by atoms with Gasteiger partial charge in [-0.2, -0.15) is 0 Å². The van der Waals surface area contributed by atoms with E-state index in [1.54, 1.807) is 0 Å². The van der Waals surface area contributed by atoms with Crippen LogP contribution in [0.15, 0.2) is 0 Å². The topological polar surface area (TPSA) is 34.1 Å². The van der Waals surface area contributed by atoms with Crippen molar-refractivity contribution >= 4 is 11.6 Å². The SMILES string of the molecule is CC(=O)CC(=O)CF.[Rh]. The Morgan fingerprint density at radius 2 is 1.89 bits per heavy atom. The first kappa shape index (κ1) is 11.7. The number of hydrogen-bond donors (Lipinski definition) is 0. The second kappa shape index (κ2) is 6.02. The zero-order valence-corrected chi connectivity index (χ0v) is 6.58. The molecule has 0 aliphatic carbocycles. The van der Waals surface area contributed by atoms with Gasteiger partial charge in [0.05, 0.1) is 6.42 Å². The van der Waals surface area contributed by atoms with Crippen molar-refractivity contribution in [3.8, 4) is 0 Å². The molecule has 4 heteroatoms. The molecule has 0 N–H and O–H groups in total. The molecular weight excluding hydrogens is 214 g/mol. The van der Waals surface area contributed by atoms with Crippen LogP contribution in [0, 0.1) is 0 Å². The summed E-state index contributed by atoms with van der Waals surface area (Å²) in [6.45, 7) is 0.229. The molecule has 0 aromatic heterocycles. The van der Waals surface area contributed by atoms with Crippen molar-refractivity contribution in [3.63, 3.8) is 0 Å². The van der Waals surface area contributed by atoms with Crippen LogP contribution in [-0.4, -0.2) is 18.2 Å². The van der Waals surface area contributed by atoms with Crippen LogP contribution in [0.3, 0.4) is 0 Å². The molecule has 0 aliphatic heterocycles. The fourth-order valence-electron chi connectivity index (χ4n) is 0.325. The molecule has 55 valence electrons. The normalized spacial score (nSPS) is 7.78. The van der Waals surface area contributed by atoms with Crippen molar-refractivity contribution in [2.45, 2.75) is 13.3 Å². The number of carbonyl (C=O) groups excluding carboxylic acids is 2. The number of ketones is 2. The summed E-state index contributed by atoms with van der Waals surface area (Å²) in [6, 6.07) is 0. The van der Waals surface area contributed by atoms with E-state index in [0.29, 0.717) is 0 Å². The Balaban J connectivity index is 0. The van der Waals surface area contributed by atoms with Gasteiger partial charge in [-0.1, -0.05) is 0 Å². The zero-order valence-electron chi connectivity index (χ0n) is 4.94. The third-order valence-electron chi connectivity index (χ3n) is 0.595. The summed E-state index contributed by atoms with van der Waals surface area (Å²) in [5.41, 5.74) is 0. The van der Waals surface area contributed by atoms with Gasteiger partial charge in [-0.15, -0.1) is 0 Å². The minimum atomic E-state index is -1.03. The fourth-order valence-corrected chi connectivity index (χ4v) is 0.325. The Morgan fingerprint density at radius 3 is 2.00 bits per heavy atom. The van der Waals surface area contributed by atoms with E-state index in [1.165, 1.54) is 6.92 Å². The summed E-state index contributed by atoms with van der Waals surface area (Å²) in [7, 11) is 0. The van der Waals surface area contributed by atoms with Gasteiger partial charge in [0, 0.05) is 19.5 Å². The van der Waals surface area contributed by atoms with Crippen molar-refractivity contribution < 1.29 is 33.5 Å². The zero-order chi connectivity index (χ0) is 6.57. The maximum atomic E-state index is 11.2. The third kappa shape index (κ3) is 7.89. The Morgan fingerprint density at radius 1 is 1.44 bits per heavy atom. The third-order valence-corrected chi connectivity index (χ3v) is 0.595. The van der Waals surface area contributed by atoms with Gasteiger partial charge in [-0.05, 0) is 6.92 Å². The first-order valence-corrected chi connectivity index (χ1v) is 2.24. The summed E-state index contributed by atoms with van der Waals surface area (Å²) >= 11 is 0. The molecule has 0 unspecified atom stereocenters. The second-order valence-corrected chi connectivity index (χ2v) is 1.55. The van der Waals surface area contributed by atoms with Gasteiger partial charge in [-0.3, -0.25) is 9.59 Å². The standard InChI is InChI=1S/C5H7FO2.Rh/c1-4(7)2-5(8)3-6;/h2-3H2,1H3;. The van der Waals surface area contributed by atoms with Crippen LogP contribution in [0.1, 0.15) is 13.3 Å². The first-order valence-electron chi connectivity index (χ1n) is 2.24. The van der Waals surface area contributed by atoms with Crippen molar-refractivity contribution in [1.82, 2.24) is 0 Å². The van der Waals surface area contributed by atoms with Crippen molar-refractivity contribution in [2.24, 2.45) is 0 Å². The molecule has 0 aromatic rings. The van der Waals surface area contributed by atoms with E-state index in [-0.39, 0.29) is 31.7 Å². The maximum Gasteiger partial charge on any atom is 0.171 e. The van der Waals surface area contributed by atoms with E-state index in [1.807, 2.05) is 0 Å². The van der Waals surface area contributed by atoms with E-state index in [0.717, 1.165) is 0 Å². The van der Waals surface area contributed by atoms with Crippen LogP contribution in [0.25, 0.3) is 0 Å². The Bertz CT molecular complexity index is 114. The molecule has 0 aromatic carbocycles. The number of carbonyl (C=O) groups is 2. The maximum absolute atomic E-state index is 11.2. The molecular formula is C5H7FO2Rh. The Kier molecular flexibility index (Phi) is 7.80. The molecule has 2 nitrogen and oxygen atoms in total. The average molecular weight is 221 g/mol. The van der Waals surface area contributed by atoms with Gasteiger partial charge in [-0.25, -0.2) is 4.39 Å². The van der Waals surface area contributed by atoms with E-state index in [4.69, 9.17) is 0 Å². The van der Waals surface area contributed by atoms with E-state index >= 15 is 0 Å². The van der Waals surface area contributed by atoms with Crippen molar-refractivity contribution in [3.05, 3.63) is 0 Å². The average Bonchev–Trinajstić information content (AvgIpc) is 1.65. The number of alkyl halides is 1. The minimum absolute atomic E-state index is 0. The fraction of sp³-hybridized carbons (Fsp3) is 0.600. The smallest absolute Gasteiger partial charge is 0.171 e. The largest absolute Gasteiger partial charge is 0.300 e. The molecule has 0 saturated heterocycles. The van der Waals surface area contributed by atoms with Crippen molar-refractivity contribution in [2.75, 3.05) is 6.67 Å². The number of hydrogen-bond acceptors (Lipinski definition) is 2. The monoisotopic (exact) mass is 221 g/mol. The molecule has 0 atom stereocenters. The Hall–Kier alpha value is -0.107. The molecule has 0 spiro atoms. The summed E-state index contributed by atoms with van der Waals surface area (Å²) in [4.78, 5) is 20.1. The number of rotatable bonds is 3. The predicted octanol–water partition coefficient (Wildman–Crippen LogP) is 0.502. The minimum Gasteiger partial charge on any atom is -0.300 e. The molecule has 0 rings (SSSR count). The van der Waals surface area contributed by atoms with E-state index in [2.05, 4.69) is 0 Å². The van der Waals surface area contributed by atoms with Gasteiger partial charge >= 0.3 is 0 Å². The van der Waals surface area contributed by atoms with Crippen LogP contribution in [0.4, 0.5) is 4.39 Å². The second-order valence-electron chi connectivity index (χ2n) is 1.55. The van der Waals surface area contributed by atoms with E-state index < -0.39 is 12.5 Å². The number of halogens is 1. The predicted molar refractivity (Wildman–Crippen MR) is 26.3 cm³/mol. The first-order chi connectivity index (χ1) is 3.66. The molecule has 9 heavy (non-hydrogen) atoms. The summed E-state index contributed by atoms with van der Waals surface area (Å²) in [6.07, 6.45) is -0.267. The molecule has 0 bridgehead atoms. The summed E-state index contributed by atoms with van der Waals surface area (Å²) < 4.78 is 11.2. The van der Waals surface area contributed by atoms with Gasteiger partial charge in [0.1, 0.15) is 12.5 Å². The molecule has 0 saturated carbocycles. The van der Waals surface area contributed by atoms with Gasteiger partial charge in [0.2, 0.25) is 0 Å². The van der Waals surface area contributed by atoms with E-state index in [9.17, 15) is 14.0 Å². The molecule has 0 heterocycles.